The molecule has 0 amide bonds. The van der Waals surface area contributed by atoms with Crippen molar-refractivity contribution in [3.63, 3.8) is 0 Å². The number of rotatable bonds is 2. The summed E-state index contributed by atoms with van der Waals surface area (Å²) in [5, 5.41) is 0. The van der Waals surface area contributed by atoms with E-state index in [1.165, 1.54) is 32.1 Å². The lowest BCUT2D eigenvalue weighted by Crippen LogP contribution is -2.19. The molecule has 15 heavy (non-hydrogen) atoms. The molecule has 0 atom stereocenters. The van der Waals surface area contributed by atoms with Gasteiger partial charge in [-0.05, 0) is 37.8 Å². The van der Waals surface area contributed by atoms with E-state index in [4.69, 9.17) is 10.5 Å². The Bertz CT molecular complexity index is 314. The summed E-state index contributed by atoms with van der Waals surface area (Å²) >= 11 is 3.42. The molecule has 1 aromatic carbocycles. The fourth-order valence-electron chi connectivity index (χ4n) is 2.03. The van der Waals surface area contributed by atoms with Crippen molar-refractivity contribution < 1.29 is 4.74 Å². The molecule has 2 N–H and O–H groups in total. The number of nitrogen functional groups attached to an aromatic ring is 1. The zero-order valence-electron chi connectivity index (χ0n) is 8.71. The Morgan fingerprint density at radius 1 is 1.13 bits per heavy atom. The maximum atomic E-state index is 5.91. The van der Waals surface area contributed by atoms with Crippen molar-refractivity contribution in [1.82, 2.24) is 0 Å². The summed E-state index contributed by atoms with van der Waals surface area (Å²) in [6.45, 7) is 0. The van der Waals surface area contributed by atoms with Crippen LogP contribution < -0.4 is 10.5 Å². The first-order chi connectivity index (χ1) is 7.24. The standard InChI is InChI=1S/C12H16BrNO/c13-9-6-10(14)8-12(7-9)15-11-4-2-1-3-5-11/h6-8,11H,1-5,14H2. The minimum atomic E-state index is 0.382. The Morgan fingerprint density at radius 2 is 1.87 bits per heavy atom. The second kappa shape index (κ2) is 4.88. The smallest absolute Gasteiger partial charge is 0.122 e. The first-order valence-corrected chi connectivity index (χ1v) is 6.26. The third-order valence-electron chi connectivity index (χ3n) is 2.75. The molecule has 82 valence electrons. The van der Waals surface area contributed by atoms with Gasteiger partial charge in [0.2, 0.25) is 0 Å². The van der Waals surface area contributed by atoms with Gasteiger partial charge in [0, 0.05) is 16.2 Å². The van der Waals surface area contributed by atoms with Crippen molar-refractivity contribution in [2.24, 2.45) is 0 Å². The minimum absolute atomic E-state index is 0.382. The van der Waals surface area contributed by atoms with Gasteiger partial charge in [-0.25, -0.2) is 0 Å². The summed E-state index contributed by atoms with van der Waals surface area (Å²) in [6.07, 6.45) is 6.65. The van der Waals surface area contributed by atoms with Crippen LogP contribution in [0.1, 0.15) is 32.1 Å². The molecule has 1 saturated carbocycles. The molecule has 1 aliphatic carbocycles. The van der Waals surface area contributed by atoms with Gasteiger partial charge in [-0.15, -0.1) is 0 Å². The second-order valence-electron chi connectivity index (χ2n) is 4.10. The number of nitrogens with two attached hydrogens (primary N) is 1. The number of ether oxygens (including phenoxy) is 1. The quantitative estimate of drug-likeness (QED) is 0.831. The topological polar surface area (TPSA) is 35.2 Å². The average molecular weight is 270 g/mol. The molecule has 0 saturated heterocycles. The van der Waals surface area contributed by atoms with E-state index in [0.717, 1.165) is 15.9 Å². The molecule has 0 bridgehead atoms. The minimum Gasteiger partial charge on any atom is -0.490 e. The Hall–Kier alpha value is -0.700. The molecule has 0 radical (unpaired) electrons. The Morgan fingerprint density at radius 3 is 2.53 bits per heavy atom. The maximum Gasteiger partial charge on any atom is 0.122 e. The number of hydrogen-bond donors (Lipinski definition) is 1. The van der Waals surface area contributed by atoms with E-state index in [-0.39, 0.29) is 0 Å². The van der Waals surface area contributed by atoms with Crippen molar-refractivity contribution in [2.75, 3.05) is 5.73 Å². The lowest BCUT2D eigenvalue weighted by atomic mass is 9.98. The summed E-state index contributed by atoms with van der Waals surface area (Å²) in [6, 6.07) is 5.75. The first kappa shape index (κ1) is 10.8. The van der Waals surface area contributed by atoms with Gasteiger partial charge in [-0.1, -0.05) is 22.4 Å². The average Bonchev–Trinajstić information content (AvgIpc) is 2.17. The molecule has 1 fully saturated rings. The summed E-state index contributed by atoms with van der Waals surface area (Å²) in [4.78, 5) is 0. The molecule has 3 heteroatoms. The SMILES string of the molecule is Nc1cc(Br)cc(OC2CCCCC2)c1. The number of halogens is 1. The lowest BCUT2D eigenvalue weighted by Gasteiger charge is -2.23. The summed E-state index contributed by atoms with van der Waals surface area (Å²) in [5.41, 5.74) is 6.50. The molecule has 2 rings (SSSR count). The van der Waals surface area contributed by atoms with Crippen LogP contribution in [0.2, 0.25) is 0 Å². The molecule has 0 aliphatic heterocycles. The van der Waals surface area contributed by atoms with Crippen LogP contribution in [-0.2, 0) is 0 Å². The highest BCUT2D eigenvalue weighted by Crippen LogP contribution is 2.27. The van der Waals surface area contributed by atoms with Gasteiger partial charge in [0.1, 0.15) is 5.75 Å². The van der Waals surface area contributed by atoms with Crippen LogP contribution in [0.5, 0.6) is 5.75 Å². The van der Waals surface area contributed by atoms with E-state index < -0.39 is 0 Å². The highest BCUT2D eigenvalue weighted by Gasteiger charge is 2.14. The fourth-order valence-corrected chi connectivity index (χ4v) is 2.52. The zero-order chi connectivity index (χ0) is 10.7. The van der Waals surface area contributed by atoms with E-state index >= 15 is 0 Å². The molecule has 1 aromatic rings. The Kier molecular flexibility index (Phi) is 3.52. The van der Waals surface area contributed by atoms with E-state index in [1.807, 2.05) is 18.2 Å². The summed E-state index contributed by atoms with van der Waals surface area (Å²) in [7, 11) is 0. The molecular weight excluding hydrogens is 254 g/mol. The van der Waals surface area contributed by atoms with Crippen LogP contribution in [0.15, 0.2) is 22.7 Å². The van der Waals surface area contributed by atoms with Gasteiger partial charge in [-0.3, -0.25) is 0 Å². The van der Waals surface area contributed by atoms with E-state index in [9.17, 15) is 0 Å². The van der Waals surface area contributed by atoms with E-state index in [0.29, 0.717) is 6.10 Å². The molecule has 0 aromatic heterocycles. The molecule has 0 heterocycles. The van der Waals surface area contributed by atoms with E-state index in [1.54, 1.807) is 0 Å². The zero-order valence-corrected chi connectivity index (χ0v) is 10.3. The van der Waals surface area contributed by atoms with Crippen molar-refractivity contribution in [3.8, 4) is 5.75 Å². The van der Waals surface area contributed by atoms with Gasteiger partial charge in [0.05, 0.1) is 6.10 Å². The Balaban J connectivity index is 2.02. The normalized spacial score (nSPS) is 17.7. The van der Waals surface area contributed by atoms with Crippen molar-refractivity contribution in [2.45, 2.75) is 38.2 Å². The largest absolute Gasteiger partial charge is 0.490 e. The van der Waals surface area contributed by atoms with Crippen molar-refractivity contribution in [3.05, 3.63) is 22.7 Å². The van der Waals surface area contributed by atoms with Gasteiger partial charge < -0.3 is 10.5 Å². The third-order valence-corrected chi connectivity index (χ3v) is 3.21. The van der Waals surface area contributed by atoms with Gasteiger partial charge >= 0.3 is 0 Å². The maximum absolute atomic E-state index is 5.91. The van der Waals surface area contributed by atoms with Crippen LogP contribution in [0, 0.1) is 0 Å². The Labute approximate surface area is 98.9 Å². The number of hydrogen-bond acceptors (Lipinski definition) is 2. The fraction of sp³-hybridized carbons (Fsp3) is 0.500. The number of anilines is 1. The number of benzene rings is 1. The van der Waals surface area contributed by atoms with E-state index in [2.05, 4.69) is 15.9 Å². The highest BCUT2D eigenvalue weighted by atomic mass is 79.9. The molecule has 0 spiro atoms. The third kappa shape index (κ3) is 3.13. The molecule has 2 nitrogen and oxygen atoms in total. The van der Waals surface area contributed by atoms with Crippen LogP contribution >= 0.6 is 15.9 Å². The van der Waals surface area contributed by atoms with Crippen LogP contribution in [0.3, 0.4) is 0 Å². The predicted octanol–water partition coefficient (Wildman–Crippen LogP) is 3.74. The second-order valence-corrected chi connectivity index (χ2v) is 5.01. The van der Waals surface area contributed by atoms with Gasteiger partial charge in [0.25, 0.3) is 0 Å². The van der Waals surface area contributed by atoms with Crippen LogP contribution in [-0.4, -0.2) is 6.10 Å². The summed E-state index contributed by atoms with van der Waals surface area (Å²) < 4.78 is 6.89. The van der Waals surface area contributed by atoms with Crippen molar-refractivity contribution >= 4 is 21.6 Å². The molecule has 1 aliphatic rings. The first-order valence-electron chi connectivity index (χ1n) is 5.47. The van der Waals surface area contributed by atoms with Crippen LogP contribution in [0.25, 0.3) is 0 Å². The summed E-state index contributed by atoms with van der Waals surface area (Å²) in [5.74, 6) is 0.883. The lowest BCUT2D eigenvalue weighted by molar-refractivity contribution is 0.155. The molecule has 0 unspecified atom stereocenters. The monoisotopic (exact) mass is 269 g/mol. The predicted molar refractivity (Wildman–Crippen MR) is 66.1 cm³/mol. The highest BCUT2D eigenvalue weighted by molar-refractivity contribution is 9.10. The van der Waals surface area contributed by atoms with Crippen LogP contribution in [0.4, 0.5) is 5.69 Å². The van der Waals surface area contributed by atoms with Gasteiger partial charge in [-0.2, -0.15) is 0 Å². The van der Waals surface area contributed by atoms with Gasteiger partial charge in [0.15, 0.2) is 0 Å². The van der Waals surface area contributed by atoms with Crippen molar-refractivity contribution in [1.29, 1.82) is 0 Å². The molecular formula is C12H16BrNO.